The second kappa shape index (κ2) is 6.57. The number of hydrogen-bond donors (Lipinski definition) is 0. The van der Waals surface area contributed by atoms with Crippen LogP contribution in [0.2, 0.25) is 0 Å². The van der Waals surface area contributed by atoms with Crippen molar-refractivity contribution in [1.82, 2.24) is 14.9 Å². The number of amides is 1. The van der Waals surface area contributed by atoms with Crippen molar-refractivity contribution in [1.29, 1.82) is 0 Å². The Morgan fingerprint density at radius 3 is 2.42 bits per heavy atom. The van der Waals surface area contributed by atoms with E-state index in [-0.39, 0.29) is 17.6 Å². The molecule has 1 aliphatic heterocycles. The van der Waals surface area contributed by atoms with Crippen molar-refractivity contribution in [3.63, 3.8) is 0 Å². The van der Waals surface area contributed by atoms with Gasteiger partial charge in [0, 0.05) is 31.9 Å². The van der Waals surface area contributed by atoms with Crippen molar-refractivity contribution in [2.24, 2.45) is 5.41 Å². The minimum absolute atomic E-state index is 0.154. The molecule has 1 aromatic rings. The van der Waals surface area contributed by atoms with Gasteiger partial charge in [0.2, 0.25) is 0 Å². The third-order valence-electron chi connectivity index (χ3n) is 3.84. The smallest absolute Gasteiger partial charge is 0.410 e. The van der Waals surface area contributed by atoms with E-state index >= 15 is 0 Å². The van der Waals surface area contributed by atoms with E-state index in [0.717, 1.165) is 31.0 Å². The van der Waals surface area contributed by atoms with Crippen LogP contribution in [0, 0.1) is 5.41 Å². The van der Waals surface area contributed by atoms with E-state index in [1.165, 1.54) is 0 Å². The summed E-state index contributed by atoms with van der Waals surface area (Å²) in [5.41, 5.74) is 0.778. The number of likely N-dealkylation sites (N-methyl/N-ethyl adjacent to an activating group) is 1. The van der Waals surface area contributed by atoms with Gasteiger partial charge in [0.05, 0.1) is 6.04 Å². The number of carbonyl (C=O) groups excluding carboxylic acids is 1. The lowest BCUT2D eigenvalue weighted by molar-refractivity contribution is 0.0196. The molecule has 0 bridgehead atoms. The van der Waals surface area contributed by atoms with Crippen LogP contribution in [-0.4, -0.2) is 52.7 Å². The van der Waals surface area contributed by atoms with E-state index in [1.54, 1.807) is 18.3 Å². The molecule has 134 valence electrons. The van der Waals surface area contributed by atoms with Crippen LogP contribution in [0.4, 0.5) is 10.6 Å². The topological polar surface area (TPSA) is 58.6 Å². The molecule has 0 radical (unpaired) electrons. The summed E-state index contributed by atoms with van der Waals surface area (Å²) in [6.07, 6.45) is 2.27. The SMILES string of the molecule is CN(C(=O)OC(C)(C)C)C1CN(c2cc(CC(C)(C)C)ncn2)C1. The minimum atomic E-state index is -0.469. The number of hydrogen-bond acceptors (Lipinski definition) is 5. The third kappa shape index (κ3) is 5.08. The molecule has 2 heterocycles. The van der Waals surface area contributed by atoms with Crippen molar-refractivity contribution in [3.8, 4) is 0 Å². The molecule has 1 amide bonds. The van der Waals surface area contributed by atoms with Crippen molar-refractivity contribution < 1.29 is 9.53 Å². The van der Waals surface area contributed by atoms with Gasteiger partial charge in [-0.2, -0.15) is 0 Å². The fourth-order valence-corrected chi connectivity index (χ4v) is 2.57. The van der Waals surface area contributed by atoms with E-state index in [0.29, 0.717) is 0 Å². The molecule has 24 heavy (non-hydrogen) atoms. The van der Waals surface area contributed by atoms with E-state index < -0.39 is 5.60 Å². The van der Waals surface area contributed by atoms with E-state index in [9.17, 15) is 4.79 Å². The Morgan fingerprint density at radius 1 is 1.25 bits per heavy atom. The first-order valence-corrected chi connectivity index (χ1v) is 8.46. The lowest BCUT2D eigenvalue weighted by Gasteiger charge is -2.44. The number of carbonyl (C=O) groups is 1. The monoisotopic (exact) mass is 334 g/mol. The van der Waals surface area contributed by atoms with Crippen LogP contribution < -0.4 is 4.90 Å². The molecule has 0 spiro atoms. The highest BCUT2D eigenvalue weighted by molar-refractivity contribution is 5.69. The molecule has 1 aromatic heterocycles. The highest BCUT2D eigenvalue weighted by Crippen LogP contribution is 2.25. The van der Waals surface area contributed by atoms with Crippen LogP contribution in [0.1, 0.15) is 47.2 Å². The highest BCUT2D eigenvalue weighted by atomic mass is 16.6. The highest BCUT2D eigenvalue weighted by Gasteiger charge is 2.35. The first-order valence-electron chi connectivity index (χ1n) is 8.46. The minimum Gasteiger partial charge on any atom is -0.444 e. The molecule has 1 saturated heterocycles. The van der Waals surface area contributed by atoms with Gasteiger partial charge in [-0.3, -0.25) is 0 Å². The Kier molecular flexibility index (Phi) is 5.06. The fraction of sp³-hybridized carbons (Fsp3) is 0.722. The predicted molar refractivity (Wildman–Crippen MR) is 95.2 cm³/mol. The molecule has 0 saturated carbocycles. The van der Waals surface area contributed by atoms with Gasteiger partial charge in [-0.25, -0.2) is 14.8 Å². The zero-order valence-electron chi connectivity index (χ0n) is 16.0. The van der Waals surface area contributed by atoms with Crippen molar-refractivity contribution in [2.75, 3.05) is 25.0 Å². The van der Waals surface area contributed by atoms with Gasteiger partial charge in [-0.15, -0.1) is 0 Å². The Morgan fingerprint density at radius 2 is 1.88 bits per heavy atom. The van der Waals surface area contributed by atoms with Crippen LogP contribution >= 0.6 is 0 Å². The van der Waals surface area contributed by atoms with Crippen LogP contribution in [-0.2, 0) is 11.2 Å². The van der Waals surface area contributed by atoms with Crippen LogP contribution in [0.15, 0.2) is 12.4 Å². The van der Waals surface area contributed by atoms with Crippen LogP contribution in [0.3, 0.4) is 0 Å². The lowest BCUT2D eigenvalue weighted by Crippen LogP contribution is -2.60. The molecule has 6 nitrogen and oxygen atoms in total. The summed E-state index contributed by atoms with van der Waals surface area (Å²) in [7, 11) is 1.79. The van der Waals surface area contributed by atoms with Crippen LogP contribution in [0.25, 0.3) is 0 Å². The van der Waals surface area contributed by atoms with E-state index in [4.69, 9.17) is 4.74 Å². The summed E-state index contributed by atoms with van der Waals surface area (Å²) in [5, 5.41) is 0. The van der Waals surface area contributed by atoms with Crippen molar-refractivity contribution >= 4 is 11.9 Å². The standard InChI is InChI=1S/C18H30N4O2/c1-17(2,3)9-13-8-15(20-12-19-13)22-10-14(11-22)21(7)16(23)24-18(4,5)6/h8,12,14H,9-11H2,1-7H3. The first-order chi connectivity index (χ1) is 10.9. The zero-order valence-corrected chi connectivity index (χ0v) is 16.0. The largest absolute Gasteiger partial charge is 0.444 e. The molecule has 0 aliphatic carbocycles. The maximum Gasteiger partial charge on any atom is 0.410 e. The number of rotatable bonds is 3. The molecule has 0 unspecified atom stereocenters. The Balaban J connectivity index is 1.92. The van der Waals surface area contributed by atoms with Gasteiger partial charge < -0.3 is 14.5 Å². The molecular formula is C18H30N4O2. The van der Waals surface area contributed by atoms with Crippen molar-refractivity contribution in [3.05, 3.63) is 18.1 Å². The average Bonchev–Trinajstić information content (AvgIpc) is 2.33. The summed E-state index contributed by atoms with van der Waals surface area (Å²) >= 11 is 0. The van der Waals surface area contributed by atoms with Gasteiger partial charge in [0.25, 0.3) is 0 Å². The maximum absolute atomic E-state index is 12.1. The number of nitrogens with zero attached hydrogens (tertiary/aromatic N) is 4. The van der Waals surface area contributed by atoms with Crippen molar-refractivity contribution in [2.45, 2.75) is 59.6 Å². The molecular weight excluding hydrogens is 304 g/mol. The molecule has 6 heteroatoms. The quantitative estimate of drug-likeness (QED) is 0.850. The predicted octanol–water partition coefficient (Wildman–Crippen LogP) is 3.12. The van der Waals surface area contributed by atoms with E-state index in [2.05, 4.69) is 41.7 Å². The summed E-state index contributed by atoms with van der Waals surface area (Å²) in [5.74, 6) is 0.929. The maximum atomic E-state index is 12.1. The summed E-state index contributed by atoms with van der Waals surface area (Å²) < 4.78 is 5.41. The van der Waals surface area contributed by atoms with Crippen LogP contribution in [0.5, 0.6) is 0 Å². The van der Waals surface area contributed by atoms with E-state index in [1.807, 2.05) is 20.8 Å². The zero-order chi connectivity index (χ0) is 18.1. The third-order valence-corrected chi connectivity index (χ3v) is 3.84. The summed E-state index contributed by atoms with van der Waals surface area (Å²) in [6, 6.07) is 2.20. The molecule has 1 fully saturated rings. The fourth-order valence-electron chi connectivity index (χ4n) is 2.57. The molecule has 1 aliphatic rings. The van der Waals surface area contributed by atoms with Gasteiger partial charge in [-0.1, -0.05) is 20.8 Å². The summed E-state index contributed by atoms with van der Waals surface area (Å²) in [4.78, 5) is 24.7. The molecule has 0 N–H and O–H groups in total. The molecule has 0 aromatic carbocycles. The first kappa shape index (κ1) is 18.5. The van der Waals surface area contributed by atoms with Gasteiger partial charge in [0.1, 0.15) is 17.7 Å². The average molecular weight is 334 g/mol. The molecule has 2 rings (SSSR count). The second-order valence-electron chi connectivity index (χ2n) is 8.76. The number of aromatic nitrogens is 2. The normalized spacial score (nSPS) is 15.9. The summed E-state index contributed by atoms with van der Waals surface area (Å²) in [6.45, 7) is 13.8. The second-order valence-corrected chi connectivity index (χ2v) is 8.76. The van der Waals surface area contributed by atoms with Gasteiger partial charge >= 0.3 is 6.09 Å². The lowest BCUT2D eigenvalue weighted by atomic mass is 9.90. The Bertz CT molecular complexity index is 583. The Labute approximate surface area is 145 Å². The number of anilines is 1. The van der Waals surface area contributed by atoms with Gasteiger partial charge in [-0.05, 0) is 32.6 Å². The number of ether oxygens (including phenoxy) is 1. The van der Waals surface area contributed by atoms with Gasteiger partial charge in [0.15, 0.2) is 0 Å². The molecule has 0 atom stereocenters. The Hall–Kier alpha value is -1.85.